The van der Waals surface area contributed by atoms with Crippen LogP contribution in [-0.2, 0) is 12.1 Å². The molecule has 1 aromatic rings. The highest BCUT2D eigenvalue weighted by Crippen LogP contribution is 2.37. The van der Waals surface area contributed by atoms with E-state index in [1.165, 1.54) is 5.56 Å². The molecule has 1 aromatic carbocycles. The zero-order valence-electron chi connectivity index (χ0n) is 8.65. The van der Waals surface area contributed by atoms with Crippen molar-refractivity contribution in [2.24, 2.45) is 0 Å². The molecule has 1 saturated heterocycles. The molecule has 80 valence electrons. The average Bonchev–Trinajstić information content (AvgIpc) is 2.58. The maximum atomic E-state index is 13.1. The van der Waals surface area contributed by atoms with Gasteiger partial charge in [0.05, 0.1) is 0 Å². The fourth-order valence-electron chi connectivity index (χ4n) is 2.83. The Labute approximate surface area is 88.9 Å². The first-order valence-electron chi connectivity index (χ1n) is 5.55. The van der Waals surface area contributed by atoms with E-state index < -0.39 is 0 Å². The van der Waals surface area contributed by atoms with Gasteiger partial charge in [0.25, 0.3) is 0 Å². The number of piperidine rings is 1. The van der Waals surface area contributed by atoms with Crippen LogP contribution in [0.25, 0.3) is 0 Å². The van der Waals surface area contributed by atoms with Gasteiger partial charge in [-0.1, -0.05) is 6.07 Å². The summed E-state index contributed by atoms with van der Waals surface area (Å²) < 4.78 is 13.1. The van der Waals surface area contributed by atoms with Crippen molar-refractivity contribution < 1.29 is 4.39 Å². The van der Waals surface area contributed by atoms with E-state index in [-0.39, 0.29) is 11.4 Å². The summed E-state index contributed by atoms with van der Waals surface area (Å²) in [6.45, 7) is 2.90. The molecule has 3 heteroatoms. The van der Waals surface area contributed by atoms with Gasteiger partial charge >= 0.3 is 0 Å². The second-order valence-corrected chi connectivity index (χ2v) is 4.49. The molecule has 2 aliphatic rings. The molecule has 0 atom stereocenters. The molecule has 2 heterocycles. The van der Waals surface area contributed by atoms with Crippen LogP contribution >= 0.6 is 0 Å². The van der Waals surface area contributed by atoms with Gasteiger partial charge in [0.1, 0.15) is 5.82 Å². The minimum Gasteiger partial charge on any atom is -0.317 e. The van der Waals surface area contributed by atoms with E-state index in [1.807, 2.05) is 6.07 Å². The van der Waals surface area contributed by atoms with Gasteiger partial charge in [-0.15, -0.1) is 0 Å². The summed E-state index contributed by atoms with van der Waals surface area (Å²) in [6.07, 6.45) is 2.21. The Balaban J connectivity index is 2.03. The van der Waals surface area contributed by atoms with Gasteiger partial charge in [-0.2, -0.15) is 0 Å². The predicted molar refractivity (Wildman–Crippen MR) is 57.0 cm³/mol. The molecule has 0 saturated carbocycles. The fourth-order valence-corrected chi connectivity index (χ4v) is 2.83. The van der Waals surface area contributed by atoms with Crippen LogP contribution in [0.15, 0.2) is 18.2 Å². The minimum absolute atomic E-state index is 0.119. The Morgan fingerprint density at radius 2 is 2.00 bits per heavy atom. The van der Waals surface area contributed by atoms with Crippen LogP contribution in [0.4, 0.5) is 4.39 Å². The normalized spacial score (nSPS) is 23.0. The molecular weight excluding hydrogens is 191 g/mol. The lowest BCUT2D eigenvalue weighted by atomic mass is 9.82. The smallest absolute Gasteiger partial charge is 0.123 e. The maximum absolute atomic E-state index is 13.1. The number of benzene rings is 1. The van der Waals surface area contributed by atoms with Crippen molar-refractivity contribution in [2.75, 3.05) is 13.1 Å². The number of nitrogens with one attached hydrogen (secondary N) is 2. The fraction of sp³-hybridized carbons (Fsp3) is 0.500. The van der Waals surface area contributed by atoms with Crippen LogP contribution in [-0.4, -0.2) is 13.1 Å². The number of fused-ring (bicyclic) bond motifs is 2. The molecule has 0 amide bonds. The van der Waals surface area contributed by atoms with E-state index >= 15 is 0 Å². The van der Waals surface area contributed by atoms with Gasteiger partial charge in [-0.05, 0) is 49.2 Å². The van der Waals surface area contributed by atoms with Crippen molar-refractivity contribution in [3.63, 3.8) is 0 Å². The van der Waals surface area contributed by atoms with Gasteiger partial charge in [0, 0.05) is 12.1 Å². The Kier molecular flexibility index (Phi) is 2.04. The van der Waals surface area contributed by atoms with Crippen LogP contribution in [0, 0.1) is 5.82 Å². The molecule has 2 nitrogen and oxygen atoms in total. The first-order valence-corrected chi connectivity index (χ1v) is 5.55. The Bertz CT molecular complexity index is 383. The summed E-state index contributed by atoms with van der Waals surface area (Å²) in [5, 5.41) is 6.92. The van der Waals surface area contributed by atoms with E-state index in [1.54, 1.807) is 12.1 Å². The van der Waals surface area contributed by atoms with Gasteiger partial charge in [0.2, 0.25) is 0 Å². The lowest BCUT2D eigenvalue weighted by Gasteiger charge is -2.35. The zero-order chi connectivity index (χ0) is 10.3. The Morgan fingerprint density at radius 3 is 2.80 bits per heavy atom. The monoisotopic (exact) mass is 206 g/mol. The standard InChI is InChI=1S/C12H15FN2/c13-10-1-2-11-9(7-10)8-15-12(11)3-5-14-6-4-12/h1-2,7,14-15H,3-6,8H2. The average molecular weight is 206 g/mol. The van der Waals surface area contributed by atoms with Crippen LogP contribution in [0.5, 0.6) is 0 Å². The molecule has 1 fully saturated rings. The van der Waals surface area contributed by atoms with Crippen LogP contribution in [0.3, 0.4) is 0 Å². The van der Waals surface area contributed by atoms with Crippen molar-refractivity contribution in [1.29, 1.82) is 0 Å². The number of rotatable bonds is 0. The van der Waals surface area contributed by atoms with Gasteiger partial charge in [-0.25, -0.2) is 4.39 Å². The molecule has 0 aliphatic carbocycles. The topological polar surface area (TPSA) is 24.1 Å². The molecule has 3 rings (SSSR count). The second-order valence-electron chi connectivity index (χ2n) is 4.49. The molecule has 0 radical (unpaired) electrons. The predicted octanol–water partition coefficient (Wildman–Crippen LogP) is 1.51. The summed E-state index contributed by atoms with van der Waals surface area (Å²) in [7, 11) is 0. The number of halogens is 1. The third-order valence-electron chi connectivity index (χ3n) is 3.66. The second kappa shape index (κ2) is 3.29. The Morgan fingerprint density at radius 1 is 1.20 bits per heavy atom. The molecular formula is C12H15FN2. The lowest BCUT2D eigenvalue weighted by molar-refractivity contribution is 0.265. The molecule has 2 aliphatic heterocycles. The lowest BCUT2D eigenvalue weighted by Crippen LogP contribution is -2.46. The maximum Gasteiger partial charge on any atom is 0.123 e. The van der Waals surface area contributed by atoms with Crippen LogP contribution < -0.4 is 10.6 Å². The van der Waals surface area contributed by atoms with E-state index in [2.05, 4.69) is 10.6 Å². The summed E-state index contributed by atoms with van der Waals surface area (Å²) in [4.78, 5) is 0. The first kappa shape index (κ1) is 9.31. The summed E-state index contributed by atoms with van der Waals surface area (Å²) in [5.74, 6) is -0.124. The largest absolute Gasteiger partial charge is 0.317 e. The molecule has 0 bridgehead atoms. The number of hydrogen-bond donors (Lipinski definition) is 2. The number of hydrogen-bond acceptors (Lipinski definition) is 2. The van der Waals surface area contributed by atoms with Crippen molar-refractivity contribution in [2.45, 2.75) is 24.9 Å². The summed E-state index contributed by atoms with van der Waals surface area (Å²) >= 11 is 0. The quantitative estimate of drug-likeness (QED) is 0.672. The van der Waals surface area contributed by atoms with Crippen LogP contribution in [0.1, 0.15) is 24.0 Å². The van der Waals surface area contributed by atoms with Crippen molar-refractivity contribution in [1.82, 2.24) is 10.6 Å². The molecule has 2 N–H and O–H groups in total. The van der Waals surface area contributed by atoms with Crippen LogP contribution in [0.2, 0.25) is 0 Å². The molecule has 15 heavy (non-hydrogen) atoms. The van der Waals surface area contributed by atoms with E-state index in [9.17, 15) is 4.39 Å². The van der Waals surface area contributed by atoms with Crippen molar-refractivity contribution in [3.05, 3.63) is 35.1 Å². The first-order chi connectivity index (χ1) is 7.30. The minimum atomic E-state index is -0.124. The van der Waals surface area contributed by atoms with Gasteiger partial charge < -0.3 is 10.6 Å². The third kappa shape index (κ3) is 1.38. The van der Waals surface area contributed by atoms with E-state index in [0.717, 1.165) is 38.0 Å². The molecule has 0 unspecified atom stereocenters. The van der Waals surface area contributed by atoms with Gasteiger partial charge in [0.15, 0.2) is 0 Å². The SMILES string of the molecule is Fc1ccc2c(c1)CNC21CCNCC1. The molecule has 0 aromatic heterocycles. The molecule has 1 spiro atoms. The highest BCUT2D eigenvalue weighted by molar-refractivity contribution is 5.39. The van der Waals surface area contributed by atoms with E-state index in [4.69, 9.17) is 0 Å². The Hall–Kier alpha value is -0.930. The summed E-state index contributed by atoms with van der Waals surface area (Å²) in [5.41, 5.74) is 2.57. The van der Waals surface area contributed by atoms with Crippen molar-refractivity contribution >= 4 is 0 Å². The highest BCUT2D eigenvalue weighted by Gasteiger charge is 2.38. The van der Waals surface area contributed by atoms with Crippen molar-refractivity contribution in [3.8, 4) is 0 Å². The van der Waals surface area contributed by atoms with E-state index in [0.29, 0.717) is 0 Å². The summed E-state index contributed by atoms with van der Waals surface area (Å²) in [6, 6.07) is 5.20. The third-order valence-corrected chi connectivity index (χ3v) is 3.66. The zero-order valence-corrected chi connectivity index (χ0v) is 8.65. The van der Waals surface area contributed by atoms with Gasteiger partial charge in [-0.3, -0.25) is 0 Å². The highest BCUT2D eigenvalue weighted by atomic mass is 19.1.